The summed E-state index contributed by atoms with van der Waals surface area (Å²) in [6.07, 6.45) is -0.530. The van der Waals surface area contributed by atoms with Crippen LogP contribution >= 0.6 is 24.0 Å². The summed E-state index contributed by atoms with van der Waals surface area (Å²) in [6, 6.07) is 5.31. The Morgan fingerprint density at radius 3 is 2.63 bits per heavy atom. The van der Waals surface area contributed by atoms with Gasteiger partial charge in [0.05, 0.1) is 32.6 Å². The summed E-state index contributed by atoms with van der Waals surface area (Å²) in [5, 5.41) is 12.0. The summed E-state index contributed by atoms with van der Waals surface area (Å²) in [6.45, 7) is 1.88. The van der Waals surface area contributed by atoms with Crippen molar-refractivity contribution in [3.63, 3.8) is 0 Å². The standard InChI is InChI=1S/C12H19N3O3.HI/c1-8(16)7-14-12(13)15-10-6-9(17-2)4-5-11(10)18-3;/h4-6,8,16H,7H2,1-3H3,(H3,13,14,15);1H. The van der Waals surface area contributed by atoms with Gasteiger partial charge >= 0.3 is 0 Å². The first-order valence-corrected chi connectivity index (χ1v) is 5.54. The number of hydrogen-bond donors (Lipinski definition) is 3. The second kappa shape index (κ2) is 8.81. The van der Waals surface area contributed by atoms with E-state index in [0.29, 0.717) is 17.2 Å². The number of rotatable bonds is 5. The molecule has 0 bridgehead atoms. The van der Waals surface area contributed by atoms with Crippen molar-refractivity contribution >= 4 is 35.6 Å². The Bertz CT molecular complexity index is 425. The lowest BCUT2D eigenvalue weighted by Gasteiger charge is -2.12. The number of nitrogens with one attached hydrogen (secondary N) is 1. The Kier molecular flexibility index (Phi) is 8.24. The lowest BCUT2D eigenvalue weighted by Crippen LogP contribution is -2.24. The van der Waals surface area contributed by atoms with Crippen LogP contribution in [0.25, 0.3) is 0 Å². The summed E-state index contributed by atoms with van der Waals surface area (Å²) in [4.78, 5) is 3.99. The van der Waals surface area contributed by atoms with Crippen LogP contribution in [0.1, 0.15) is 6.92 Å². The maximum absolute atomic E-state index is 9.12. The van der Waals surface area contributed by atoms with Crippen molar-refractivity contribution in [2.24, 2.45) is 10.7 Å². The normalized spacial score (nSPS) is 12.3. The first kappa shape index (κ1) is 17.8. The lowest BCUT2D eigenvalue weighted by atomic mass is 10.2. The predicted octanol–water partition coefficient (Wildman–Crippen LogP) is 1.43. The number of methoxy groups -OCH3 is 2. The third-order valence-electron chi connectivity index (χ3n) is 2.20. The Morgan fingerprint density at radius 1 is 1.42 bits per heavy atom. The Labute approximate surface area is 130 Å². The fraction of sp³-hybridized carbons (Fsp3) is 0.417. The highest BCUT2D eigenvalue weighted by Crippen LogP contribution is 2.28. The van der Waals surface area contributed by atoms with Crippen molar-refractivity contribution in [1.29, 1.82) is 0 Å². The molecule has 1 unspecified atom stereocenters. The Balaban J connectivity index is 0.00000324. The highest BCUT2D eigenvalue weighted by Gasteiger charge is 2.06. The second-order valence-electron chi connectivity index (χ2n) is 3.77. The van der Waals surface area contributed by atoms with E-state index in [1.54, 1.807) is 39.3 Å². The summed E-state index contributed by atoms with van der Waals surface area (Å²) in [5.74, 6) is 1.52. The van der Waals surface area contributed by atoms with Crippen molar-refractivity contribution in [1.82, 2.24) is 0 Å². The van der Waals surface area contributed by atoms with E-state index >= 15 is 0 Å². The molecule has 19 heavy (non-hydrogen) atoms. The number of nitrogens with zero attached hydrogens (tertiary/aromatic N) is 1. The van der Waals surface area contributed by atoms with Gasteiger partial charge in [0.15, 0.2) is 5.96 Å². The van der Waals surface area contributed by atoms with Crippen LogP contribution in [-0.4, -0.2) is 37.9 Å². The first-order chi connectivity index (χ1) is 8.56. The second-order valence-corrected chi connectivity index (χ2v) is 3.77. The van der Waals surface area contributed by atoms with Crippen LogP contribution in [0.3, 0.4) is 0 Å². The van der Waals surface area contributed by atoms with Gasteiger partial charge in [-0.2, -0.15) is 0 Å². The van der Waals surface area contributed by atoms with Gasteiger partial charge in [0, 0.05) is 6.07 Å². The van der Waals surface area contributed by atoms with E-state index in [9.17, 15) is 0 Å². The van der Waals surface area contributed by atoms with E-state index in [4.69, 9.17) is 20.3 Å². The summed E-state index contributed by atoms with van der Waals surface area (Å²) in [5.41, 5.74) is 6.36. The number of aliphatic hydroxyl groups is 1. The molecule has 6 nitrogen and oxygen atoms in total. The van der Waals surface area contributed by atoms with Gasteiger partial charge in [-0.05, 0) is 19.1 Å². The fourth-order valence-corrected chi connectivity index (χ4v) is 1.32. The van der Waals surface area contributed by atoms with Gasteiger partial charge in [0.25, 0.3) is 0 Å². The molecule has 1 rings (SSSR count). The highest BCUT2D eigenvalue weighted by atomic mass is 127. The van der Waals surface area contributed by atoms with Crippen LogP contribution in [-0.2, 0) is 0 Å². The van der Waals surface area contributed by atoms with Gasteiger partial charge in [-0.3, -0.25) is 4.99 Å². The molecular formula is C12H20IN3O3. The van der Waals surface area contributed by atoms with Crippen molar-refractivity contribution in [2.45, 2.75) is 13.0 Å². The van der Waals surface area contributed by atoms with Crippen LogP contribution in [0.2, 0.25) is 0 Å². The smallest absolute Gasteiger partial charge is 0.193 e. The molecule has 0 fully saturated rings. The molecule has 7 heteroatoms. The predicted molar refractivity (Wildman–Crippen MR) is 86.8 cm³/mol. The molecule has 0 heterocycles. The zero-order valence-electron chi connectivity index (χ0n) is 11.2. The number of anilines is 1. The average molecular weight is 381 g/mol. The quantitative estimate of drug-likeness (QED) is 0.408. The van der Waals surface area contributed by atoms with E-state index in [0.717, 1.165) is 0 Å². The zero-order chi connectivity index (χ0) is 13.5. The fourth-order valence-electron chi connectivity index (χ4n) is 1.32. The van der Waals surface area contributed by atoms with Gasteiger partial charge in [-0.1, -0.05) is 0 Å². The van der Waals surface area contributed by atoms with Crippen LogP contribution in [0, 0.1) is 0 Å². The number of ether oxygens (including phenoxy) is 2. The molecular weight excluding hydrogens is 361 g/mol. The van der Waals surface area contributed by atoms with E-state index in [2.05, 4.69) is 10.3 Å². The third-order valence-corrected chi connectivity index (χ3v) is 2.20. The van der Waals surface area contributed by atoms with E-state index in [1.165, 1.54) is 0 Å². The van der Waals surface area contributed by atoms with Gasteiger partial charge in [0.2, 0.25) is 0 Å². The van der Waals surface area contributed by atoms with Crippen LogP contribution in [0.4, 0.5) is 5.69 Å². The molecule has 0 aliphatic carbocycles. The van der Waals surface area contributed by atoms with E-state index < -0.39 is 6.10 Å². The SMILES string of the molecule is COc1ccc(OC)c(NC(N)=NCC(C)O)c1.I. The number of guanidine groups is 1. The summed E-state index contributed by atoms with van der Waals surface area (Å²) >= 11 is 0. The Hall–Kier alpha value is -1.22. The molecule has 108 valence electrons. The van der Waals surface area contributed by atoms with Crippen molar-refractivity contribution in [3.05, 3.63) is 18.2 Å². The monoisotopic (exact) mass is 381 g/mol. The number of aliphatic hydroxyl groups excluding tert-OH is 1. The van der Waals surface area contributed by atoms with Crippen molar-refractivity contribution in [3.8, 4) is 11.5 Å². The average Bonchev–Trinajstić information content (AvgIpc) is 2.36. The maximum atomic E-state index is 9.12. The van der Waals surface area contributed by atoms with Crippen LogP contribution in [0.5, 0.6) is 11.5 Å². The van der Waals surface area contributed by atoms with Crippen LogP contribution < -0.4 is 20.5 Å². The Morgan fingerprint density at radius 2 is 2.11 bits per heavy atom. The molecule has 0 radical (unpaired) electrons. The first-order valence-electron chi connectivity index (χ1n) is 5.54. The summed E-state index contributed by atoms with van der Waals surface area (Å²) in [7, 11) is 3.15. The number of aliphatic imine (C=N–C) groups is 1. The van der Waals surface area contributed by atoms with E-state index in [1.807, 2.05) is 0 Å². The maximum Gasteiger partial charge on any atom is 0.193 e. The third kappa shape index (κ3) is 5.97. The molecule has 4 N–H and O–H groups in total. The van der Waals surface area contributed by atoms with Gasteiger partial charge in [0.1, 0.15) is 11.5 Å². The number of halogens is 1. The minimum Gasteiger partial charge on any atom is -0.497 e. The molecule has 1 aromatic carbocycles. The van der Waals surface area contributed by atoms with E-state index in [-0.39, 0.29) is 36.5 Å². The van der Waals surface area contributed by atoms with Gasteiger partial charge in [-0.15, -0.1) is 24.0 Å². The summed E-state index contributed by atoms with van der Waals surface area (Å²) < 4.78 is 10.3. The minimum absolute atomic E-state index is 0. The van der Waals surface area contributed by atoms with Crippen molar-refractivity contribution in [2.75, 3.05) is 26.1 Å². The van der Waals surface area contributed by atoms with Gasteiger partial charge in [-0.25, -0.2) is 0 Å². The number of hydrogen-bond acceptors (Lipinski definition) is 4. The number of nitrogens with two attached hydrogens (primary N) is 1. The largest absolute Gasteiger partial charge is 0.497 e. The topological polar surface area (TPSA) is 89.1 Å². The lowest BCUT2D eigenvalue weighted by molar-refractivity contribution is 0.204. The molecule has 0 aliphatic heterocycles. The minimum atomic E-state index is -0.530. The molecule has 1 atom stereocenters. The van der Waals surface area contributed by atoms with Gasteiger partial charge < -0.3 is 25.6 Å². The molecule has 1 aromatic rings. The molecule has 0 saturated carbocycles. The highest BCUT2D eigenvalue weighted by molar-refractivity contribution is 14.0. The zero-order valence-corrected chi connectivity index (χ0v) is 13.5. The molecule has 0 saturated heterocycles. The molecule has 0 spiro atoms. The molecule has 0 aliphatic rings. The van der Waals surface area contributed by atoms with Crippen molar-refractivity contribution < 1.29 is 14.6 Å². The van der Waals surface area contributed by atoms with Crippen LogP contribution in [0.15, 0.2) is 23.2 Å². The molecule has 0 aromatic heterocycles. The molecule has 0 amide bonds. The number of benzene rings is 1.